The highest BCUT2D eigenvalue weighted by Crippen LogP contribution is 2.34. The van der Waals surface area contributed by atoms with Gasteiger partial charge in [-0.25, -0.2) is 0 Å². The lowest BCUT2D eigenvalue weighted by molar-refractivity contribution is -0.125. The topological polar surface area (TPSA) is 58.2 Å². The summed E-state index contributed by atoms with van der Waals surface area (Å²) in [5.41, 5.74) is 3.81. The quantitative estimate of drug-likeness (QED) is 0.906. The Morgan fingerprint density at radius 3 is 2.74 bits per heavy atom. The lowest BCUT2D eigenvalue weighted by Crippen LogP contribution is -2.39. The molecule has 2 aromatic rings. The highest BCUT2D eigenvalue weighted by Gasteiger charge is 2.31. The molecule has 0 spiro atoms. The van der Waals surface area contributed by atoms with E-state index in [0.717, 1.165) is 17.5 Å². The van der Waals surface area contributed by atoms with Crippen LogP contribution in [0.25, 0.3) is 0 Å². The number of aryl methyl sites for hydroxylation is 1. The summed E-state index contributed by atoms with van der Waals surface area (Å²) in [5, 5.41) is 5.87. The fourth-order valence-corrected chi connectivity index (χ4v) is 2.98. The van der Waals surface area contributed by atoms with Gasteiger partial charge in [0.15, 0.2) is 0 Å². The minimum Gasteiger partial charge on any atom is -0.346 e. The van der Waals surface area contributed by atoms with E-state index >= 15 is 0 Å². The molecule has 23 heavy (non-hydrogen) atoms. The number of anilines is 1. The summed E-state index contributed by atoms with van der Waals surface area (Å²) in [6.45, 7) is 1.86. The third-order valence-electron chi connectivity index (χ3n) is 3.99. The zero-order valence-electron chi connectivity index (χ0n) is 12.7. The molecule has 2 N–H and O–H groups in total. The van der Waals surface area contributed by atoms with Crippen LogP contribution in [0.4, 0.5) is 5.69 Å². The second-order valence-corrected chi connectivity index (χ2v) is 6.11. The van der Waals surface area contributed by atoms with E-state index in [4.69, 9.17) is 11.6 Å². The molecule has 0 bridgehead atoms. The van der Waals surface area contributed by atoms with Crippen molar-refractivity contribution in [1.29, 1.82) is 0 Å². The summed E-state index contributed by atoms with van der Waals surface area (Å²) in [5.74, 6) is -0.562. The summed E-state index contributed by atoms with van der Waals surface area (Å²) in [6, 6.07) is 13.3. The minimum absolute atomic E-state index is 0.0678. The van der Waals surface area contributed by atoms with Crippen LogP contribution in [-0.4, -0.2) is 18.4 Å². The Labute approximate surface area is 139 Å². The molecule has 0 aliphatic heterocycles. The summed E-state index contributed by atoms with van der Waals surface area (Å²) < 4.78 is 0. The van der Waals surface area contributed by atoms with Crippen LogP contribution in [0, 0.1) is 6.92 Å². The van der Waals surface area contributed by atoms with E-state index in [0.29, 0.717) is 10.7 Å². The Kier molecular flexibility index (Phi) is 4.35. The normalized spacial score (nSPS) is 15.3. The lowest BCUT2D eigenvalue weighted by Gasteiger charge is -2.28. The van der Waals surface area contributed by atoms with Crippen molar-refractivity contribution in [3.63, 3.8) is 0 Å². The number of fused-ring (bicyclic) bond motifs is 1. The van der Waals surface area contributed by atoms with E-state index < -0.39 is 0 Å². The molecule has 0 saturated carbocycles. The molecule has 0 fully saturated rings. The average Bonchev–Trinajstić information content (AvgIpc) is 2.49. The van der Waals surface area contributed by atoms with Gasteiger partial charge < -0.3 is 10.6 Å². The maximum absolute atomic E-state index is 12.1. The molecule has 1 unspecified atom stereocenters. The summed E-state index contributed by atoms with van der Waals surface area (Å²) in [7, 11) is 0. The highest BCUT2D eigenvalue weighted by molar-refractivity contribution is 6.33. The van der Waals surface area contributed by atoms with Crippen molar-refractivity contribution in [2.24, 2.45) is 0 Å². The van der Waals surface area contributed by atoms with Crippen LogP contribution in [0.15, 0.2) is 42.5 Å². The molecule has 4 nitrogen and oxygen atoms in total. The van der Waals surface area contributed by atoms with Gasteiger partial charge in [-0.15, -0.1) is 0 Å². The smallest absolute Gasteiger partial charge is 0.243 e. The summed E-state index contributed by atoms with van der Waals surface area (Å²) in [6.07, 6.45) is 0.730. The molecule has 2 amide bonds. The Morgan fingerprint density at radius 1 is 1.22 bits per heavy atom. The van der Waals surface area contributed by atoms with Gasteiger partial charge in [0.25, 0.3) is 0 Å². The molecule has 1 aliphatic rings. The second kappa shape index (κ2) is 6.42. The monoisotopic (exact) mass is 328 g/mol. The Bertz CT molecular complexity index is 773. The average molecular weight is 329 g/mol. The zero-order valence-corrected chi connectivity index (χ0v) is 13.5. The van der Waals surface area contributed by atoms with E-state index in [2.05, 4.69) is 10.6 Å². The van der Waals surface area contributed by atoms with Crippen LogP contribution < -0.4 is 10.6 Å². The third-order valence-corrected chi connectivity index (χ3v) is 4.31. The fraction of sp³-hybridized carbons (Fsp3) is 0.222. The molecule has 2 aromatic carbocycles. The van der Waals surface area contributed by atoms with Gasteiger partial charge in [0, 0.05) is 0 Å². The minimum atomic E-state index is -0.295. The molecular weight excluding hydrogens is 312 g/mol. The van der Waals surface area contributed by atoms with Crippen molar-refractivity contribution in [2.75, 3.05) is 11.9 Å². The molecule has 1 atom stereocenters. The molecule has 0 saturated heterocycles. The SMILES string of the molecule is Cc1ccc(NC(=O)CNC(=O)C2Cc3ccccc32)c(Cl)c1. The lowest BCUT2D eigenvalue weighted by atomic mass is 9.77. The predicted octanol–water partition coefficient (Wildman–Crippen LogP) is 3.04. The fourth-order valence-electron chi connectivity index (χ4n) is 2.70. The first-order chi connectivity index (χ1) is 11.0. The van der Waals surface area contributed by atoms with Gasteiger partial charge in [-0.1, -0.05) is 41.9 Å². The number of hydrogen-bond donors (Lipinski definition) is 2. The molecular formula is C18H17ClN2O2. The molecule has 118 valence electrons. The van der Waals surface area contributed by atoms with Gasteiger partial charge in [-0.2, -0.15) is 0 Å². The standard InChI is InChI=1S/C18H17ClN2O2/c1-11-6-7-16(15(19)8-11)21-17(22)10-20-18(23)14-9-12-4-2-3-5-13(12)14/h2-8,14H,9-10H2,1H3,(H,20,23)(H,21,22). The summed E-state index contributed by atoms with van der Waals surface area (Å²) in [4.78, 5) is 24.1. The van der Waals surface area contributed by atoms with Gasteiger partial charge in [0.05, 0.1) is 23.2 Å². The number of carbonyl (C=O) groups excluding carboxylic acids is 2. The van der Waals surface area contributed by atoms with Crippen LogP contribution >= 0.6 is 11.6 Å². The van der Waals surface area contributed by atoms with Gasteiger partial charge in [-0.05, 0) is 42.2 Å². The number of nitrogens with one attached hydrogen (secondary N) is 2. The van der Waals surface area contributed by atoms with E-state index in [9.17, 15) is 9.59 Å². The number of benzene rings is 2. The van der Waals surface area contributed by atoms with Gasteiger partial charge in [-0.3, -0.25) is 9.59 Å². The van der Waals surface area contributed by atoms with Crippen LogP contribution in [0.1, 0.15) is 22.6 Å². The number of hydrogen-bond acceptors (Lipinski definition) is 2. The van der Waals surface area contributed by atoms with Crippen LogP contribution in [0.5, 0.6) is 0 Å². The third kappa shape index (κ3) is 3.37. The summed E-state index contributed by atoms with van der Waals surface area (Å²) >= 11 is 6.07. The Hall–Kier alpha value is -2.33. The van der Waals surface area contributed by atoms with Crippen molar-refractivity contribution < 1.29 is 9.59 Å². The van der Waals surface area contributed by atoms with Crippen LogP contribution in [0.3, 0.4) is 0 Å². The van der Waals surface area contributed by atoms with Gasteiger partial charge >= 0.3 is 0 Å². The maximum atomic E-state index is 12.1. The van der Waals surface area contributed by atoms with Crippen molar-refractivity contribution in [1.82, 2.24) is 5.32 Å². The van der Waals surface area contributed by atoms with Crippen molar-refractivity contribution in [3.8, 4) is 0 Å². The van der Waals surface area contributed by atoms with E-state index in [1.165, 1.54) is 5.56 Å². The van der Waals surface area contributed by atoms with Crippen LogP contribution in [-0.2, 0) is 16.0 Å². The number of amides is 2. The molecule has 0 heterocycles. The van der Waals surface area contributed by atoms with E-state index in [1.807, 2.05) is 37.3 Å². The van der Waals surface area contributed by atoms with Crippen LogP contribution in [0.2, 0.25) is 5.02 Å². The van der Waals surface area contributed by atoms with Gasteiger partial charge in [0.1, 0.15) is 0 Å². The molecule has 0 radical (unpaired) electrons. The largest absolute Gasteiger partial charge is 0.346 e. The molecule has 0 aromatic heterocycles. The van der Waals surface area contributed by atoms with E-state index in [-0.39, 0.29) is 24.3 Å². The predicted molar refractivity (Wildman–Crippen MR) is 90.7 cm³/mol. The molecule has 5 heteroatoms. The van der Waals surface area contributed by atoms with Crippen molar-refractivity contribution >= 4 is 29.1 Å². The van der Waals surface area contributed by atoms with Gasteiger partial charge in [0.2, 0.25) is 11.8 Å². The first-order valence-electron chi connectivity index (χ1n) is 7.46. The first kappa shape index (κ1) is 15.6. The molecule has 3 rings (SSSR count). The van der Waals surface area contributed by atoms with E-state index in [1.54, 1.807) is 12.1 Å². The Morgan fingerprint density at radius 2 is 2.00 bits per heavy atom. The highest BCUT2D eigenvalue weighted by atomic mass is 35.5. The molecule has 1 aliphatic carbocycles. The zero-order chi connectivity index (χ0) is 16.4. The number of carbonyl (C=O) groups is 2. The van der Waals surface area contributed by atoms with Crippen molar-refractivity contribution in [3.05, 3.63) is 64.2 Å². The van der Waals surface area contributed by atoms with Crippen molar-refractivity contribution in [2.45, 2.75) is 19.3 Å². The number of rotatable bonds is 4. The number of halogens is 1. The second-order valence-electron chi connectivity index (χ2n) is 5.70. The Balaban J connectivity index is 1.53. The maximum Gasteiger partial charge on any atom is 0.243 e. The first-order valence-corrected chi connectivity index (χ1v) is 7.84.